The second-order valence-electron chi connectivity index (χ2n) is 6.17. The van der Waals surface area contributed by atoms with Crippen molar-refractivity contribution in [3.8, 4) is 5.75 Å². The van der Waals surface area contributed by atoms with Gasteiger partial charge in [-0.2, -0.15) is 0 Å². The SMILES string of the molecule is CCOc1ccccc1NC(=S)N1CCN(C(=O)C2CCCO2)CC1. The monoisotopic (exact) mass is 363 g/mol. The molecule has 2 aliphatic heterocycles. The van der Waals surface area contributed by atoms with E-state index in [1.807, 2.05) is 36.1 Å². The first-order chi connectivity index (χ1) is 12.2. The van der Waals surface area contributed by atoms with Crippen LogP contribution < -0.4 is 10.1 Å². The van der Waals surface area contributed by atoms with Gasteiger partial charge < -0.3 is 24.6 Å². The number of amides is 1. The molecule has 6 nitrogen and oxygen atoms in total. The van der Waals surface area contributed by atoms with Crippen molar-refractivity contribution in [1.29, 1.82) is 0 Å². The Balaban J connectivity index is 1.52. The number of hydrogen-bond acceptors (Lipinski definition) is 4. The van der Waals surface area contributed by atoms with Gasteiger partial charge in [-0.3, -0.25) is 4.79 Å². The molecule has 2 heterocycles. The van der Waals surface area contributed by atoms with Crippen LogP contribution in [0, 0.1) is 0 Å². The number of anilines is 1. The summed E-state index contributed by atoms with van der Waals surface area (Å²) in [7, 11) is 0. The predicted molar refractivity (Wildman–Crippen MR) is 101 cm³/mol. The van der Waals surface area contributed by atoms with Gasteiger partial charge in [0.25, 0.3) is 5.91 Å². The van der Waals surface area contributed by atoms with Crippen LogP contribution >= 0.6 is 12.2 Å². The Bertz CT molecular complexity index is 611. The number of carbonyl (C=O) groups is 1. The molecule has 1 N–H and O–H groups in total. The van der Waals surface area contributed by atoms with E-state index < -0.39 is 0 Å². The number of rotatable bonds is 4. The van der Waals surface area contributed by atoms with Crippen molar-refractivity contribution >= 4 is 28.9 Å². The third kappa shape index (κ3) is 4.41. The molecule has 0 spiro atoms. The molecule has 1 aromatic carbocycles. The molecule has 3 rings (SSSR count). The summed E-state index contributed by atoms with van der Waals surface area (Å²) in [4.78, 5) is 16.4. The highest BCUT2D eigenvalue weighted by Crippen LogP contribution is 2.24. The Kier molecular flexibility index (Phi) is 6.09. The maximum atomic E-state index is 12.4. The van der Waals surface area contributed by atoms with E-state index in [4.69, 9.17) is 21.7 Å². The van der Waals surface area contributed by atoms with Gasteiger partial charge in [-0.25, -0.2) is 0 Å². The fraction of sp³-hybridized carbons (Fsp3) is 0.556. The molecule has 2 aliphatic rings. The molecule has 1 aromatic rings. The van der Waals surface area contributed by atoms with Gasteiger partial charge >= 0.3 is 0 Å². The van der Waals surface area contributed by atoms with E-state index in [0.717, 1.165) is 37.4 Å². The molecule has 7 heteroatoms. The lowest BCUT2D eigenvalue weighted by molar-refractivity contribution is -0.142. The first kappa shape index (κ1) is 17.9. The maximum absolute atomic E-state index is 12.4. The summed E-state index contributed by atoms with van der Waals surface area (Å²) in [6.45, 7) is 6.06. The van der Waals surface area contributed by atoms with E-state index in [-0.39, 0.29) is 12.0 Å². The third-order valence-electron chi connectivity index (χ3n) is 4.51. The van der Waals surface area contributed by atoms with Crippen molar-refractivity contribution in [2.45, 2.75) is 25.9 Å². The third-order valence-corrected chi connectivity index (χ3v) is 4.87. The fourth-order valence-electron chi connectivity index (χ4n) is 3.15. The van der Waals surface area contributed by atoms with Gasteiger partial charge in [0.1, 0.15) is 11.9 Å². The average Bonchev–Trinajstić information content (AvgIpc) is 3.18. The molecular weight excluding hydrogens is 338 g/mol. The zero-order valence-electron chi connectivity index (χ0n) is 14.6. The number of carbonyl (C=O) groups excluding carboxylic acids is 1. The minimum absolute atomic E-state index is 0.123. The Morgan fingerprint density at radius 1 is 1.28 bits per heavy atom. The van der Waals surface area contributed by atoms with Crippen molar-refractivity contribution < 1.29 is 14.3 Å². The van der Waals surface area contributed by atoms with Crippen LogP contribution in [-0.4, -0.2) is 66.3 Å². The van der Waals surface area contributed by atoms with Crippen LogP contribution in [0.15, 0.2) is 24.3 Å². The molecular formula is C18H25N3O3S. The summed E-state index contributed by atoms with van der Waals surface area (Å²) < 4.78 is 11.1. The first-order valence-corrected chi connectivity index (χ1v) is 9.28. The van der Waals surface area contributed by atoms with Gasteiger partial charge in [0.05, 0.1) is 12.3 Å². The fourth-order valence-corrected chi connectivity index (χ4v) is 3.44. The molecule has 0 aliphatic carbocycles. The maximum Gasteiger partial charge on any atom is 0.251 e. The van der Waals surface area contributed by atoms with Crippen molar-refractivity contribution in [2.75, 3.05) is 44.7 Å². The summed E-state index contributed by atoms with van der Waals surface area (Å²) in [6, 6.07) is 7.77. The van der Waals surface area contributed by atoms with E-state index in [1.165, 1.54) is 0 Å². The van der Waals surface area contributed by atoms with Gasteiger partial charge in [-0.1, -0.05) is 12.1 Å². The van der Waals surface area contributed by atoms with Gasteiger partial charge in [0.2, 0.25) is 0 Å². The molecule has 0 saturated carbocycles. The Morgan fingerprint density at radius 2 is 2.00 bits per heavy atom. The minimum atomic E-state index is -0.241. The van der Waals surface area contributed by atoms with Crippen molar-refractivity contribution in [1.82, 2.24) is 9.80 Å². The van der Waals surface area contributed by atoms with E-state index in [9.17, 15) is 4.79 Å². The smallest absolute Gasteiger partial charge is 0.251 e. The Hall–Kier alpha value is -1.86. The second kappa shape index (κ2) is 8.49. The lowest BCUT2D eigenvalue weighted by Crippen LogP contribution is -2.53. The lowest BCUT2D eigenvalue weighted by Gasteiger charge is -2.37. The molecule has 1 unspecified atom stereocenters. The number of hydrogen-bond donors (Lipinski definition) is 1. The topological polar surface area (TPSA) is 54.0 Å². The first-order valence-electron chi connectivity index (χ1n) is 8.87. The van der Waals surface area contributed by atoms with Gasteiger partial charge in [0.15, 0.2) is 5.11 Å². The molecule has 1 atom stereocenters. The average molecular weight is 363 g/mol. The number of para-hydroxylation sites is 2. The highest BCUT2D eigenvalue weighted by molar-refractivity contribution is 7.80. The number of thiocarbonyl (C=S) groups is 1. The van der Waals surface area contributed by atoms with Crippen LogP contribution in [0.3, 0.4) is 0 Å². The lowest BCUT2D eigenvalue weighted by atomic mass is 10.2. The number of nitrogens with one attached hydrogen (secondary N) is 1. The molecule has 0 bridgehead atoms. The summed E-state index contributed by atoms with van der Waals surface area (Å²) in [5, 5.41) is 3.93. The zero-order chi connectivity index (χ0) is 17.6. The molecule has 2 saturated heterocycles. The molecule has 2 fully saturated rings. The highest BCUT2D eigenvalue weighted by atomic mass is 32.1. The summed E-state index contributed by atoms with van der Waals surface area (Å²) in [5.41, 5.74) is 0.868. The van der Waals surface area contributed by atoms with Crippen LogP contribution in [0.5, 0.6) is 5.75 Å². The normalized spacial score (nSPS) is 20.4. The van der Waals surface area contributed by atoms with Crippen LogP contribution in [-0.2, 0) is 9.53 Å². The van der Waals surface area contributed by atoms with E-state index in [0.29, 0.717) is 31.4 Å². The number of piperazine rings is 1. The van der Waals surface area contributed by atoms with E-state index in [2.05, 4.69) is 10.2 Å². The van der Waals surface area contributed by atoms with Crippen LogP contribution in [0.4, 0.5) is 5.69 Å². The molecule has 0 radical (unpaired) electrons. The summed E-state index contributed by atoms with van der Waals surface area (Å²) >= 11 is 5.54. The van der Waals surface area contributed by atoms with Crippen molar-refractivity contribution in [2.24, 2.45) is 0 Å². The van der Waals surface area contributed by atoms with E-state index >= 15 is 0 Å². The zero-order valence-corrected chi connectivity index (χ0v) is 15.4. The Morgan fingerprint density at radius 3 is 2.68 bits per heavy atom. The van der Waals surface area contributed by atoms with Crippen LogP contribution in [0.1, 0.15) is 19.8 Å². The van der Waals surface area contributed by atoms with E-state index in [1.54, 1.807) is 0 Å². The quantitative estimate of drug-likeness (QED) is 0.827. The largest absolute Gasteiger partial charge is 0.492 e. The standard InChI is InChI=1S/C18H25N3O3S/c1-2-23-15-7-4-3-6-14(15)19-18(25)21-11-9-20(10-12-21)17(22)16-8-5-13-24-16/h3-4,6-7,16H,2,5,8-13H2,1H3,(H,19,25). The molecule has 136 valence electrons. The number of benzene rings is 1. The predicted octanol–water partition coefficient (Wildman–Crippen LogP) is 2.11. The van der Waals surface area contributed by atoms with Gasteiger partial charge in [-0.05, 0) is 44.1 Å². The minimum Gasteiger partial charge on any atom is -0.492 e. The van der Waals surface area contributed by atoms with Crippen molar-refractivity contribution in [3.05, 3.63) is 24.3 Å². The molecule has 0 aromatic heterocycles. The highest BCUT2D eigenvalue weighted by Gasteiger charge is 2.30. The summed E-state index contributed by atoms with van der Waals surface area (Å²) in [6.07, 6.45) is 1.58. The van der Waals surface area contributed by atoms with Gasteiger partial charge in [0, 0.05) is 32.8 Å². The molecule has 25 heavy (non-hydrogen) atoms. The number of nitrogens with zero attached hydrogens (tertiary/aromatic N) is 2. The van der Waals surface area contributed by atoms with Gasteiger partial charge in [-0.15, -0.1) is 0 Å². The van der Waals surface area contributed by atoms with Crippen LogP contribution in [0.2, 0.25) is 0 Å². The summed E-state index contributed by atoms with van der Waals surface area (Å²) in [5.74, 6) is 0.914. The second-order valence-corrected chi connectivity index (χ2v) is 6.56. The Labute approximate surface area is 154 Å². The van der Waals surface area contributed by atoms with Crippen molar-refractivity contribution in [3.63, 3.8) is 0 Å². The number of ether oxygens (including phenoxy) is 2. The van der Waals surface area contributed by atoms with Crippen LogP contribution in [0.25, 0.3) is 0 Å². The molecule has 1 amide bonds.